The quantitative estimate of drug-likeness (QED) is 0.609. The Hall–Kier alpha value is -1.71. The number of aryl methyl sites for hydroxylation is 1. The smallest absolute Gasteiger partial charge is 0.339 e. The van der Waals surface area contributed by atoms with Crippen LogP contribution >= 0.6 is 0 Å². The zero-order chi connectivity index (χ0) is 16.9. The number of aromatic carboxylic acids is 1. The Labute approximate surface area is 132 Å². The third kappa shape index (κ3) is 4.39. The number of aromatic hydroxyl groups is 2. The fourth-order valence-corrected chi connectivity index (χ4v) is 3.04. The van der Waals surface area contributed by atoms with Crippen molar-refractivity contribution in [1.82, 2.24) is 0 Å². The molecule has 1 unspecified atom stereocenters. The average Bonchev–Trinajstić information content (AvgIpc) is 2.36. The molecule has 22 heavy (non-hydrogen) atoms. The first-order valence-corrected chi connectivity index (χ1v) is 8.10. The third-order valence-corrected chi connectivity index (χ3v) is 3.98. The van der Waals surface area contributed by atoms with Crippen LogP contribution in [-0.2, 0) is 6.42 Å². The molecule has 0 radical (unpaired) electrons. The van der Waals surface area contributed by atoms with Gasteiger partial charge in [-0.05, 0) is 42.7 Å². The maximum Gasteiger partial charge on any atom is 0.339 e. The molecule has 124 valence electrons. The van der Waals surface area contributed by atoms with E-state index in [-0.39, 0.29) is 23.0 Å². The summed E-state index contributed by atoms with van der Waals surface area (Å²) < 4.78 is 0. The van der Waals surface area contributed by atoms with Gasteiger partial charge in [0.1, 0.15) is 17.1 Å². The Morgan fingerprint density at radius 3 is 2.32 bits per heavy atom. The number of phenolic OH excluding ortho intramolecular Hbond substituents is 1. The van der Waals surface area contributed by atoms with Crippen molar-refractivity contribution < 1.29 is 20.1 Å². The van der Waals surface area contributed by atoms with Crippen LogP contribution < -0.4 is 0 Å². The standard InChI is InChI=1S/C18H28O4/c1-5-6-7-8-13-10-14(19)15(12(4)9-11(2)3)17(20)16(13)18(21)22/h10-12,19-20H,5-9H2,1-4H3,(H,21,22). The monoisotopic (exact) mass is 308 g/mol. The maximum absolute atomic E-state index is 11.5. The van der Waals surface area contributed by atoms with Gasteiger partial charge in [0.05, 0.1) is 0 Å². The molecule has 0 aliphatic heterocycles. The molecule has 0 fully saturated rings. The van der Waals surface area contributed by atoms with Gasteiger partial charge >= 0.3 is 5.97 Å². The van der Waals surface area contributed by atoms with Crippen molar-refractivity contribution in [3.63, 3.8) is 0 Å². The molecule has 0 saturated carbocycles. The van der Waals surface area contributed by atoms with Crippen LogP contribution in [0.5, 0.6) is 11.5 Å². The molecule has 4 heteroatoms. The van der Waals surface area contributed by atoms with Crippen LogP contribution in [0.2, 0.25) is 0 Å². The Bertz CT molecular complexity index is 520. The Balaban J connectivity index is 3.26. The zero-order valence-corrected chi connectivity index (χ0v) is 14.0. The van der Waals surface area contributed by atoms with E-state index in [9.17, 15) is 20.1 Å². The number of hydrogen-bond acceptors (Lipinski definition) is 3. The highest BCUT2D eigenvalue weighted by atomic mass is 16.4. The normalized spacial score (nSPS) is 12.6. The first kappa shape index (κ1) is 18.3. The Morgan fingerprint density at radius 1 is 1.18 bits per heavy atom. The highest BCUT2D eigenvalue weighted by Crippen LogP contribution is 2.41. The number of carbonyl (C=O) groups is 1. The van der Waals surface area contributed by atoms with E-state index >= 15 is 0 Å². The molecule has 3 N–H and O–H groups in total. The summed E-state index contributed by atoms with van der Waals surface area (Å²) in [7, 11) is 0. The lowest BCUT2D eigenvalue weighted by molar-refractivity contribution is 0.0692. The number of unbranched alkanes of at least 4 members (excludes halogenated alkanes) is 2. The average molecular weight is 308 g/mol. The number of rotatable bonds is 8. The molecule has 0 amide bonds. The van der Waals surface area contributed by atoms with Crippen LogP contribution in [0.15, 0.2) is 6.07 Å². The van der Waals surface area contributed by atoms with Crippen LogP contribution in [-0.4, -0.2) is 21.3 Å². The van der Waals surface area contributed by atoms with Crippen molar-refractivity contribution in [2.24, 2.45) is 5.92 Å². The minimum absolute atomic E-state index is 0.00199. The lowest BCUT2D eigenvalue weighted by Crippen LogP contribution is -2.08. The van der Waals surface area contributed by atoms with Gasteiger partial charge < -0.3 is 15.3 Å². The summed E-state index contributed by atoms with van der Waals surface area (Å²) in [5.41, 5.74) is 0.807. The summed E-state index contributed by atoms with van der Waals surface area (Å²) in [6, 6.07) is 1.52. The third-order valence-electron chi connectivity index (χ3n) is 3.98. The SMILES string of the molecule is CCCCCc1cc(O)c(C(C)CC(C)C)c(O)c1C(=O)O. The molecule has 1 rings (SSSR count). The first-order valence-electron chi connectivity index (χ1n) is 8.10. The van der Waals surface area contributed by atoms with Gasteiger partial charge in [0.15, 0.2) is 0 Å². The van der Waals surface area contributed by atoms with Gasteiger partial charge in [-0.2, -0.15) is 0 Å². The van der Waals surface area contributed by atoms with E-state index in [0.717, 1.165) is 25.7 Å². The number of hydrogen-bond donors (Lipinski definition) is 3. The Kier molecular flexibility index (Phi) is 6.72. The van der Waals surface area contributed by atoms with E-state index < -0.39 is 5.97 Å². The van der Waals surface area contributed by atoms with Crippen LogP contribution in [0.25, 0.3) is 0 Å². The largest absolute Gasteiger partial charge is 0.508 e. The van der Waals surface area contributed by atoms with E-state index in [0.29, 0.717) is 23.5 Å². The summed E-state index contributed by atoms with van der Waals surface area (Å²) in [5.74, 6) is -1.11. The highest BCUT2D eigenvalue weighted by Gasteiger charge is 2.25. The molecule has 4 nitrogen and oxygen atoms in total. The molecule has 1 atom stereocenters. The topological polar surface area (TPSA) is 77.8 Å². The number of carboxylic acid groups (broad SMARTS) is 1. The summed E-state index contributed by atoms with van der Waals surface area (Å²) in [6.07, 6.45) is 4.19. The molecule has 1 aromatic carbocycles. The zero-order valence-electron chi connectivity index (χ0n) is 14.0. The van der Waals surface area contributed by atoms with Crippen molar-refractivity contribution in [2.75, 3.05) is 0 Å². The van der Waals surface area contributed by atoms with Gasteiger partial charge in [0.25, 0.3) is 0 Å². The van der Waals surface area contributed by atoms with Gasteiger partial charge in [-0.25, -0.2) is 4.79 Å². The molecule has 0 saturated heterocycles. The second-order valence-corrected chi connectivity index (χ2v) is 6.48. The Morgan fingerprint density at radius 2 is 1.82 bits per heavy atom. The fraction of sp³-hybridized carbons (Fsp3) is 0.611. The lowest BCUT2D eigenvalue weighted by Gasteiger charge is -2.20. The highest BCUT2D eigenvalue weighted by molar-refractivity contribution is 5.93. The van der Waals surface area contributed by atoms with Gasteiger partial charge in [0, 0.05) is 5.56 Å². The van der Waals surface area contributed by atoms with Crippen molar-refractivity contribution in [3.05, 3.63) is 22.8 Å². The van der Waals surface area contributed by atoms with Gasteiger partial charge in [0.2, 0.25) is 0 Å². The second kappa shape index (κ2) is 8.06. The molecule has 0 aliphatic rings. The summed E-state index contributed by atoms with van der Waals surface area (Å²) in [6.45, 7) is 8.09. The predicted octanol–water partition coefficient (Wildman–Crippen LogP) is 4.68. The molecule has 0 aromatic heterocycles. The molecular formula is C18H28O4. The van der Waals surface area contributed by atoms with Crippen LogP contribution in [0.1, 0.15) is 80.8 Å². The summed E-state index contributed by atoms with van der Waals surface area (Å²) >= 11 is 0. The second-order valence-electron chi connectivity index (χ2n) is 6.48. The molecule has 1 aromatic rings. The van der Waals surface area contributed by atoms with E-state index in [1.165, 1.54) is 6.07 Å². The first-order chi connectivity index (χ1) is 10.3. The maximum atomic E-state index is 11.5. The van der Waals surface area contributed by atoms with Gasteiger partial charge in [-0.1, -0.05) is 40.5 Å². The number of carboxylic acids is 1. The molecule has 0 aliphatic carbocycles. The molecule has 0 heterocycles. The van der Waals surface area contributed by atoms with Gasteiger partial charge in [-0.3, -0.25) is 0 Å². The molecule has 0 bridgehead atoms. The van der Waals surface area contributed by atoms with Crippen LogP contribution in [0.4, 0.5) is 0 Å². The van der Waals surface area contributed by atoms with Crippen LogP contribution in [0.3, 0.4) is 0 Å². The lowest BCUT2D eigenvalue weighted by atomic mass is 9.87. The predicted molar refractivity (Wildman–Crippen MR) is 87.8 cm³/mol. The minimum Gasteiger partial charge on any atom is -0.508 e. The van der Waals surface area contributed by atoms with E-state index in [4.69, 9.17) is 0 Å². The van der Waals surface area contributed by atoms with Crippen molar-refractivity contribution in [1.29, 1.82) is 0 Å². The van der Waals surface area contributed by atoms with Crippen molar-refractivity contribution in [3.8, 4) is 11.5 Å². The fourth-order valence-electron chi connectivity index (χ4n) is 3.04. The van der Waals surface area contributed by atoms with Crippen LogP contribution in [0, 0.1) is 5.92 Å². The van der Waals surface area contributed by atoms with E-state index in [1.807, 2.05) is 6.92 Å². The molecular weight excluding hydrogens is 280 g/mol. The minimum atomic E-state index is -1.14. The van der Waals surface area contributed by atoms with Gasteiger partial charge in [-0.15, -0.1) is 0 Å². The molecule has 0 spiro atoms. The summed E-state index contributed by atoms with van der Waals surface area (Å²) in [4.78, 5) is 11.5. The van der Waals surface area contributed by atoms with Crippen molar-refractivity contribution in [2.45, 2.75) is 65.7 Å². The van der Waals surface area contributed by atoms with E-state index in [1.54, 1.807) is 0 Å². The summed E-state index contributed by atoms with van der Waals surface area (Å²) in [5, 5.41) is 30.1. The number of phenols is 2. The van der Waals surface area contributed by atoms with Crippen molar-refractivity contribution >= 4 is 5.97 Å². The number of benzene rings is 1. The van der Waals surface area contributed by atoms with E-state index in [2.05, 4.69) is 20.8 Å².